The molecule has 11 heteroatoms. The van der Waals surface area contributed by atoms with Crippen molar-refractivity contribution in [3.05, 3.63) is 75.0 Å². The fraction of sp³-hybridized carbons (Fsp3) is 0.414. The second kappa shape index (κ2) is 11.2. The molecule has 1 fully saturated rings. The number of benzene rings is 1. The minimum absolute atomic E-state index is 0.0997. The Morgan fingerprint density at radius 2 is 2.10 bits per heavy atom. The lowest BCUT2D eigenvalue weighted by Crippen LogP contribution is -2.37. The van der Waals surface area contributed by atoms with Crippen LogP contribution in [0.25, 0.3) is 11.1 Å². The van der Waals surface area contributed by atoms with E-state index in [9.17, 15) is 23.2 Å². The average Bonchev–Trinajstić information content (AvgIpc) is 3.68. The van der Waals surface area contributed by atoms with E-state index in [2.05, 4.69) is 23.4 Å². The van der Waals surface area contributed by atoms with Crippen molar-refractivity contribution >= 4 is 17.2 Å². The van der Waals surface area contributed by atoms with Gasteiger partial charge < -0.3 is 10.2 Å². The molecule has 3 atom stereocenters. The molecular weight excluding hydrogens is 542 g/mol. The van der Waals surface area contributed by atoms with Gasteiger partial charge >= 0.3 is 6.18 Å². The summed E-state index contributed by atoms with van der Waals surface area (Å²) in [6, 6.07) is 8.11. The molecule has 4 heterocycles. The summed E-state index contributed by atoms with van der Waals surface area (Å²) < 4.78 is 58.6. The SMILES string of the molecule is CC[C@H]1CN[C@H](/C=C/C(=O)N2Cc3sc(C#N)cc3[C@H](c3cccc(F)c3-c3cn(CC)nc3C(F)(F)F)C2)C1. The van der Waals surface area contributed by atoms with Crippen LogP contribution in [0.3, 0.4) is 0 Å². The van der Waals surface area contributed by atoms with Crippen LogP contribution in [0.1, 0.15) is 59.2 Å². The number of fused-ring (bicyclic) bond motifs is 1. The monoisotopic (exact) mass is 571 g/mol. The highest BCUT2D eigenvalue weighted by atomic mass is 32.1. The van der Waals surface area contributed by atoms with E-state index < -0.39 is 23.6 Å². The number of aryl methyl sites for hydroxylation is 1. The predicted molar refractivity (Wildman–Crippen MR) is 144 cm³/mol. The first-order valence-electron chi connectivity index (χ1n) is 13.3. The maximum Gasteiger partial charge on any atom is 0.435 e. The minimum Gasteiger partial charge on any atom is -0.333 e. The zero-order chi connectivity index (χ0) is 28.6. The maximum absolute atomic E-state index is 15.5. The molecule has 0 aliphatic carbocycles. The molecule has 5 rings (SSSR count). The molecule has 0 bridgehead atoms. The summed E-state index contributed by atoms with van der Waals surface area (Å²) in [7, 11) is 0. The zero-order valence-electron chi connectivity index (χ0n) is 22.1. The number of hydrogen-bond acceptors (Lipinski definition) is 5. The van der Waals surface area contributed by atoms with Gasteiger partial charge in [0.1, 0.15) is 16.8 Å². The molecule has 1 saturated heterocycles. The van der Waals surface area contributed by atoms with Crippen molar-refractivity contribution in [2.24, 2.45) is 5.92 Å². The van der Waals surface area contributed by atoms with Gasteiger partial charge in [0.15, 0.2) is 5.69 Å². The van der Waals surface area contributed by atoms with Gasteiger partial charge in [0, 0.05) is 53.3 Å². The standard InChI is InChI=1S/C29H29F4N5OS/c1-3-17-10-18(35-13-17)8-9-26(39)37-14-22(21-11-19(12-34)40-25(21)16-37)20-6-5-7-24(30)27(20)23-15-38(4-2)36-28(23)29(31,32)33/h5-9,11,15,17-18,22,35H,3-4,10,13-14,16H2,1-2H3/b9-8+/t17-,18-,22+/m1/s1. The fourth-order valence-electron chi connectivity index (χ4n) is 5.60. The number of carbonyl (C=O) groups excluding carboxylic acids is 1. The number of nitrogens with one attached hydrogen (secondary N) is 1. The van der Waals surface area contributed by atoms with E-state index >= 15 is 4.39 Å². The van der Waals surface area contributed by atoms with Gasteiger partial charge in [-0.25, -0.2) is 4.39 Å². The van der Waals surface area contributed by atoms with E-state index in [1.165, 1.54) is 29.7 Å². The van der Waals surface area contributed by atoms with Crippen LogP contribution in [-0.4, -0.2) is 39.7 Å². The largest absolute Gasteiger partial charge is 0.435 e. The van der Waals surface area contributed by atoms with Gasteiger partial charge in [0.05, 0.1) is 6.54 Å². The summed E-state index contributed by atoms with van der Waals surface area (Å²) in [6.07, 6.45) is 1.83. The number of rotatable bonds is 6. The quantitative estimate of drug-likeness (QED) is 0.288. The van der Waals surface area contributed by atoms with Crippen molar-refractivity contribution in [1.82, 2.24) is 20.0 Å². The summed E-state index contributed by atoms with van der Waals surface area (Å²) in [6.45, 7) is 5.27. The third-order valence-electron chi connectivity index (χ3n) is 7.73. The number of halogens is 4. The highest BCUT2D eigenvalue weighted by molar-refractivity contribution is 7.12. The zero-order valence-corrected chi connectivity index (χ0v) is 22.9. The minimum atomic E-state index is -4.79. The van der Waals surface area contributed by atoms with Crippen LogP contribution in [0.15, 0.2) is 42.6 Å². The first-order chi connectivity index (χ1) is 19.1. The van der Waals surface area contributed by atoms with Crippen molar-refractivity contribution in [2.45, 2.75) is 57.9 Å². The Balaban J connectivity index is 1.56. The van der Waals surface area contributed by atoms with Crippen LogP contribution in [0.5, 0.6) is 0 Å². The summed E-state index contributed by atoms with van der Waals surface area (Å²) in [4.78, 5) is 16.1. The summed E-state index contributed by atoms with van der Waals surface area (Å²) in [5.41, 5.74) is -0.665. The Hall–Kier alpha value is -3.49. The highest BCUT2D eigenvalue weighted by Gasteiger charge is 2.40. The number of amides is 1. The average molecular weight is 572 g/mol. The predicted octanol–water partition coefficient (Wildman–Crippen LogP) is 6.08. The van der Waals surface area contributed by atoms with Crippen molar-refractivity contribution in [1.29, 1.82) is 5.26 Å². The molecule has 1 amide bonds. The molecule has 3 aromatic rings. The van der Waals surface area contributed by atoms with E-state index in [1.54, 1.807) is 24.0 Å². The van der Waals surface area contributed by atoms with Crippen molar-refractivity contribution in [3.8, 4) is 17.2 Å². The van der Waals surface area contributed by atoms with E-state index in [-0.39, 0.29) is 42.7 Å². The molecule has 2 aliphatic rings. The third kappa shape index (κ3) is 5.43. The van der Waals surface area contributed by atoms with E-state index in [1.807, 2.05) is 6.08 Å². The smallest absolute Gasteiger partial charge is 0.333 e. The molecule has 210 valence electrons. The second-order valence-electron chi connectivity index (χ2n) is 10.2. The van der Waals surface area contributed by atoms with Gasteiger partial charge in [-0.15, -0.1) is 11.3 Å². The topological polar surface area (TPSA) is 74.0 Å². The molecular formula is C29H29F4N5OS. The number of hydrogen-bond donors (Lipinski definition) is 1. The lowest BCUT2D eigenvalue weighted by atomic mass is 9.83. The molecule has 1 aromatic carbocycles. The molecule has 0 spiro atoms. The lowest BCUT2D eigenvalue weighted by molar-refractivity contribution is -0.141. The molecule has 40 heavy (non-hydrogen) atoms. The van der Waals surface area contributed by atoms with E-state index in [0.29, 0.717) is 16.4 Å². The normalized spacial score (nSPS) is 21.1. The first kappa shape index (κ1) is 28.1. The number of thiophene rings is 1. The Morgan fingerprint density at radius 3 is 2.77 bits per heavy atom. The van der Waals surface area contributed by atoms with Crippen LogP contribution >= 0.6 is 11.3 Å². The maximum atomic E-state index is 15.5. The Morgan fingerprint density at radius 1 is 1.30 bits per heavy atom. The van der Waals surface area contributed by atoms with Crippen LogP contribution in [0.2, 0.25) is 0 Å². The van der Waals surface area contributed by atoms with Gasteiger partial charge in [-0.05, 0) is 49.1 Å². The number of nitrogens with zero attached hydrogens (tertiary/aromatic N) is 4. The second-order valence-corrected chi connectivity index (χ2v) is 11.3. The number of nitriles is 1. The molecule has 1 N–H and O–H groups in total. The van der Waals surface area contributed by atoms with Gasteiger partial charge in [0.25, 0.3) is 0 Å². The molecule has 0 saturated carbocycles. The van der Waals surface area contributed by atoms with Crippen LogP contribution in [0.4, 0.5) is 17.6 Å². The van der Waals surface area contributed by atoms with Gasteiger partial charge in [-0.1, -0.05) is 31.6 Å². The van der Waals surface area contributed by atoms with Gasteiger partial charge in [0.2, 0.25) is 5.91 Å². The summed E-state index contributed by atoms with van der Waals surface area (Å²) in [5.74, 6) is -1.12. The number of alkyl halides is 3. The third-order valence-corrected chi connectivity index (χ3v) is 8.77. The molecule has 0 radical (unpaired) electrons. The van der Waals surface area contributed by atoms with Crippen molar-refractivity contribution < 1.29 is 22.4 Å². The number of aromatic nitrogens is 2. The Labute approximate surface area is 233 Å². The molecule has 6 nitrogen and oxygen atoms in total. The Kier molecular flexibility index (Phi) is 7.84. The molecule has 2 aromatic heterocycles. The Bertz CT molecular complexity index is 1480. The van der Waals surface area contributed by atoms with Crippen molar-refractivity contribution in [2.75, 3.05) is 13.1 Å². The van der Waals surface area contributed by atoms with Crippen LogP contribution < -0.4 is 5.32 Å². The highest BCUT2D eigenvalue weighted by Crippen LogP contribution is 2.45. The summed E-state index contributed by atoms with van der Waals surface area (Å²) >= 11 is 1.24. The first-order valence-corrected chi connectivity index (χ1v) is 14.1. The van der Waals surface area contributed by atoms with Gasteiger partial charge in [-0.2, -0.15) is 23.5 Å². The van der Waals surface area contributed by atoms with Gasteiger partial charge in [-0.3, -0.25) is 9.48 Å². The van der Waals surface area contributed by atoms with E-state index in [0.717, 1.165) is 40.6 Å². The van der Waals surface area contributed by atoms with Crippen LogP contribution in [0, 0.1) is 23.1 Å². The fourth-order valence-corrected chi connectivity index (χ4v) is 6.64. The molecule has 2 aliphatic heterocycles. The number of carbonyl (C=O) groups is 1. The van der Waals surface area contributed by atoms with Crippen molar-refractivity contribution in [3.63, 3.8) is 0 Å². The lowest BCUT2D eigenvalue weighted by Gasteiger charge is -2.33. The van der Waals surface area contributed by atoms with E-state index in [4.69, 9.17) is 0 Å². The van der Waals surface area contributed by atoms with Crippen LogP contribution in [-0.2, 0) is 24.1 Å². The summed E-state index contributed by atoms with van der Waals surface area (Å²) in [5, 5.41) is 16.7. The molecule has 0 unspecified atom stereocenters.